The number of likely N-dealkylation sites (N-methyl/N-ethyl adjacent to an activating group) is 1. The lowest BCUT2D eigenvalue weighted by molar-refractivity contribution is 0.327. The molecule has 0 unspecified atom stereocenters. The fourth-order valence-electron chi connectivity index (χ4n) is 0.743. The van der Waals surface area contributed by atoms with Crippen LogP contribution in [0.5, 0.6) is 0 Å². The lowest BCUT2D eigenvalue weighted by Gasteiger charge is -1.94. The molecule has 0 amide bonds. The highest BCUT2D eigenvalue weighted by Crippen LogP contribution is 1.92. The summed E-state index contributed by atoms with van der Waals surface area (Å²) in [6.07, 6.45) is 0. The molecule has 0 aliphatic carbocycles. The maximum Gasteiger partial charge on any atom is 0.146 e. The molecule has 1 aromatic carbocycles. The van der Waals surface area contributed by atoms with Gasteiger partial charge in [0.25, 0.3) is 0 Å². The average Bonchev–Trinajstić information content (AvgIpc) is 2.21. The van der Waals surface area contributed by atoms with E-state index in [1.54, 1.807) is 0 Å². The molecule has 3 heteroatoms. The third kappa shape index (κ3) is 9.16. The Bertz CT molecular complexity index is 226. The van der Waals surface area contributed by atoms with Gasteiger partial charge in [-0.2, -0.15) is 0 Å². The average molecular weight is 211 g/mol. The van der Waals surface area contributed by atoms with Crippen molar-refractivity contribution < 1.29 is 4.74 Å². The van der Waals surface area contributed by atoms with E-state index in [1.165, 1.54) is 11.1 Å². The summed E-state index contributed by atoms with van der Waals surface area (Å²) < 4.78 is 4.70. The Labute approximate surface area is 91.3 Å². The quantitative estimate of drug-likeness (QED) is 0.609. The van der Waals surface area contributed by atoms with Crippen LogP contribution < -0.4 is 5.32 Å². The van der Waals surface area contributed by atoms with Crippen LogP contribution in [0, 0.1) is 6.92 Å². The van der Waals surface area contributed by atoms with Crippen LogP contribution in [0.4, 0.5) is 0 Å². The van der Waals surface area contributed by atoms with Gasteiger partial charge in [-0.05, 0) is 26.2 Å². The van der Waals surface area contributed by atoms with Crippen molar-refractivity contribution in [2.24, 2.45) is 0 Å². The van der Waals surface area contributed by atoms with Gasteiger partial charge in [0, 0.05) is 6.54 Å². The molecule has 1 N–H and O–H groups in total. The molecule has 0 spiro atoms. The molecule has 0 saturated carbocycles. The zero-order valence-corrected chi connectivity index (χ0v) is 9.51. The van der Waals surface area contributed by atoms with Crippen LogP contribution in [0.2, 0.25) is 0 Å². The first kappa shape index (κ1) is 13.1. The zero-order chi connectivity index (χ0) is 10.6. The molecule has 0 bridgehead atoms. The SMILES string of the molecule is CNCCOC=S.Cc1ccccc1. The number of rotatable bonds is 4. The van der Waals surface area contributed by atoms with Gasteiger partial charge >= 0.3 is 0 Å². The fourth-order valence-corrected chi connectivity index (χ4v) is 0.840. The van der Waals surface area contributed by atoms with E-state index in [0.29, 0.717) is 6.61 Å². The molecule has 14 heavy (non-hydrogen) atoms. The third-order valence-corrected chi connectivity index (χ3v) is 1.61. The molecular formula is C11H17NOS. The van der Waals surface area contributed by atoms with Crippen LogP contribution >= 0.6 is 12.2 Å². The molecule has 0 aliphatic rings. The highest BCUT2D eigenvalue weighted by Gasteiger charge is 1.75. The molecule has 78 valence electrons. The van der Waals surface area contributed by atoms with E-state index in [4.69, 9.17) is 4.74 Å². The molecule has 0 radical (unpaired) electrons. The van der Waals surface area contributed by atoms with E-state index in [0.717, 1.165) is 6.54 Å². The molecule has 0 heterocycles. The van der Waals surface area contributed by atoms with Crippen molar-refractivity contribution in [1.29, 1.82) is 0 Å². The Balaban J connectivity index is 0.000000241. The van der Waals surface area contributed by atoms with Gasteiger partial charge in [0.05, 0.1) is 0 Å². The minimum absolute atomic E-state index is 0.667. The number of nitrogens with one attached hydrogen (secondary N) is 1. The first-order valence-electron chi connectivity index (χ1n) is 4.52. The van der Waals surface area contributed by atoms with E-state index < -0.39 is 0 Å². The molecule has 0 fully saturated rings. The molecular weight excluding hydrogens is 194 g/mol. The van der Waals surface area contributed by atoms with Crippen LogP contribution in [-0.4, -0.2) is 25.8 Å². The maximum absolute atomic E-state index is 4.70. The molecule has 0 saturated heterocycles. The third-order valence-electron chi connectivity index (χ3n) is 1.48. The van der Waals surface area contributed by atoms with Crippen LogP contribution in [0.1, 0.15) is 5.56 Å². The lowest BCUT2D eigenvalue weighted by Crippen LogP contribution is -2.13. The normalized spacial score (nSPS) is 8.43. The fraction of sp³-hybridized carbons (Fsp3) is 0.364. The van der Waals surface area contributed by atoms with E-state index in [-0.39, 0.29) is 0 Å². The van der Waals surface area contributed by atoms with E-state index in [9.17, 15) is 0 Å². The molecule has 1 rings (SSSR count). The van der Waals surface area contributed by atoms with Crippen molar-refractivity contribution >= 4 is 17.8 Å². The predicted octanol–water partition coefficient (Wildman–Crippen LogP) is 2.17. The summed E-state index contributed by atoms with van der Waals surface area (Å²) in [5, 5.41) is 2.91. The summed E-state index contributed by atoms with van der Waals surface area (Å²) in [7, 11) is 1.87. The highest BCUT2D eigenvalue weighted by molar-refractivity contribution is 7.78. The van der Waals surface area contributed by atoms with Gasteiger partial charge in [-0.25, -0.2) is 0 Å². The summed E-state index contributed by atoms with van der Waals surface area (Å²) in [5.41, 5.74) is 2.60. The van der Waals surface area contributed by atoms with Gasteiger partial charge in [-0.3, -0.25) is 0 Å². The Morgan fingerprint density at radius 3 is 2.36 bits per heavy atom. The number of benzene rings is 1. The van der Waals surface area contributed by atoms with Crippen LogP contribution in [0.15, 0.2) is 30.3 Å². The van der Waals surface area contributed by atoms with Crippen molar-refractivity contribution in [2.45, 2.75) is 6.92 Å². The Hall–Kier alpha value is -0.930. The smallest absolute Gasteiger partial charge is 0.146 e. The second-order valence-electron chi connectivity index (χ2n) is 2.73. The minimum Gasteiger partial charge on any atom is -0.489 e. The van der Waals surface area contributed by atoms with Gasteiger partial charge < -0.3 is 10.1 Å². The van der Waals surface area contributed by atoms with E-state index in [1.807, 2.05) is 25.2 Å². The number of hydrogen-bond acceptors (Lipinski definition) is 3. The Morgan fingerprint density at radius 2 is 2.00 bits per heavy atom. The first-order chi connectivity index (χ1) is 6.81. The van der Waals surface area contributed by atoms with Crippen molar-refractivity contribution in [3.05, 3.63) is 35.9 Å². The first-order valence-corrected chi connectivity index (χ1v) is 5.00. The standard InChI is InChI=1S/C7H8.C4H9NOS/c1-7-5-3-2-4-6-7;1-5-2-3-6-4-7/h2-6H,1H3;4-5H,2-3H2,1H3. The monoisotopic (exact) mass is 211 g/mol. The molecule has 0 aromatic heterocycles. The van der Waals surface area contributed by atoms with E-state index >= 15 is 0 Å². The summed E-state index contributed by atoms with van der Waals surface area (Å²) in [4.78, 5) is 0. The second-order valence-corrected chi connectivity index (χ2v) is 2.92. The summed E-state index contributed by atoms with van der Waals surface area (Å²) >= 11 is 4.39. The zero-order valence-electron chi connectivity index (χ0n) is 8.69. The van der Waals surface area contributed by atoms with Crippen molar-refractivity contribution in [3.8, 4) is 0 Å². The summed E-state index contributed by atoms with van der Waals surface area (Å²) in [6, 6.07) is 10.3. The number of thiocarbonyl (C=S) groups is 1. The molecule has 2 nitrogen and oxygen atoms in total. The van der Waals surface area contributed by atoms with E-state index in [2.05, 4.69) is 36.6 Å². The van der Waals surface area contributed by atoms with Crippen LogP contribution in [-0.2, 0) is 4.74 Å². The summed E-state index contributed by atoms with van der Waals surface area (Å²) in [5.74, 6) is 0. The van der Waals surface area contributed by atoms with Crippen molar-refractivity contribution in [2.75, 3.05) is 20.2 Å². The van der Waals surface area contributed by atoms with Gasteiger partial charge in [-0.1, -0.05) is 35.9 Å². The number of ether oxygens (including phenoxy) is 1. The van der Waals surface area contributed by atoms with Crippen LogP contribution in [0.25, 0.3) is 0 Å². The largest absolute Gasteiger partial charge is 0.489 e. The topological polar surface area (TPSA) is 21.3 Å². The lowest BCUT2D eigenvalue weighted by atomic mass is 10.2. The number of aryl methyl sites for hydroxylation is 1. The highest BCUT2D eigenvalue weighted by atomic mass is 32.1. The van der Waals surface area contributed by atoms with Gasteiger partial charge in [0.2, 0.25) is 0 Å². The predicted molar refractivity (Wildman–Crippen MR) is 64.7 cm³/mol. The molecule has 0 aliphatic heterocycles. The molecule has 1 aromatic rings. The minimum atomic E-state index is 0.667. The van der Waals surface area contributed by atoms with Gasteiger partial charge in [0.15, 0.2) is 0 Å². The van der Waals surface area contributed by atoms with Crippen molar-refractivity contribution in [1.82, 2.24) is 5.32 Å². The number of hydrogen-bond donors (Lipinski definition) is 1. The maximum atomic E-state index is 4.70. The van der Waals surface area contributed by atoms with Gasteiger partial charge in [-0.15, -0.1) is 0 Å². The van der Waals surface area contributed by atoms with Crippen LogP contribution in [0.3, 0.4) is 0 Å². The second kappa shape index (κ2) is 10.2. The molecule has 0 atom stereocenters. The van der Waals surface area contributed by atoms with Gasteiger partial charge in [0.1, 0.15) is 12.2 Å². The Morgan fingerprint density at radius 1 is 1.36 bits per heavy atom. The summed E-state index contributed by atoms with van der Waals surface area (Å²) in [6.45, 7) is 3.60. The van der Waals surface area contributed by atoms with Crippen molar-refractivity contribution in [3.63, 3.8) is 0 Å². The Kier molecular flexibility index (Phi) is 9.48.